The summed E-state index contributed by atoms with van der Waals surface area (Å²) in [6, 6.07) is 9.84. The van der Waals surface area contributed by atoms with Crippen LogP contribution < -0.4 is 9.47 Å². The Morgan fingerprint density at radius 1 is 1.20 bits per heavy atom. The summed E-state index contributed by atoms with van der Waals surface area (Å²) < 4.78 is 10.9. The second kappa shape index (κ2) is 6.48. The van der Waals surface area contributed by atoms with Crippen LogP contribution in [0.15, 0.2) is 40.9 Å². The first kappa shape index (κ1) is 15.2. The fourth-order valence-electron chi connectivity index (χ4n) is 1.51. The molecule has 2 aromatic rings. The SMILES string of the molecule is COc1ccc(Br)c(C(=O)Oc2cccc(Cl)c2Cl)c1. The molecule has 0 atom stereocenters. The van der Waals surface area contributed by atoms with Gasteiger partial charge in [-0.15, -0.1) is 0 Å². The monoisotopic (exact) mass is 374 g/mol. The number of carbonyl (C=O) groups is 1. The first-order chi connectivity index (χ1) is 9.52. The van der Waals surface area contributed by atoms with Gasteiger partial charge in [0.05, 0.1) is 17.7 Å². The Bertz CT molecular complexity index is 659. The quantitative estimate of drug-likeness (QED) is 0.560. The van der Waals surface area contributed by atoms with Crippen molar-refractivity contribution in [3.63, 3.8) is 0 Å². The van der Waals surface area contributed by atoms with Crippen molar-refractivity contribution in [3.05, 3.63) is 56.5 Å². The Kier molecular flexibility index (Phi) is 4.91. The number of methoxy groups -OCH3 is 1. The molecule has 0 radical (unpaired) electrons. The van der Waals surface area contributed by atoms with Crippen molar-refractivity contribution in [2.24, 2.45) is 0 Å². The molecule has 0 fully saturated rings. The fourth-order valence-corrected chi connectivity index (χ4v) is 2.24. The summed E-state index contributed by atoms with van der Waals surface area (Å²) in [6.07, 6.45) is 0. The average molecular weight is 376 g/mol. The van der Waals surface area contributed by atoms with Crippen LogP contribution in [0.25, 0.3) is 0 Å². The van der Waals surface area contributed by atoms with E-state index >= 15 is 0 Å². The third kappa shape index (κ3) is 3.26. The van der Waals surface area contributed by atoms with Crippen LogP contribution in [0.1, 0.15) is 10.4 Å². The molecule has 104 valence electrons. The molecule has 0 bridgehead atoms. The molecule has 6 heteroatoms. The third-order valence-corrected chi connectivity index (χ3v) is 4.01. The molecular weight excluding hydrogens is 367 g/mol. The molecule has 0 aromatic heterocycles. The normalized spacial score (nSPS) is 10.2. The van der Waals surface area contributed by atoms with Gasteiger partial charge in [-0.2, -0.15) is 0 Å². The lowest BCUT2D eigenvalue weighted by molar-refractivity contribution is 0.0733. The highest BCUT2D eigenvalue weighted by Crippen LogP contribution is 2.32. The van der Waals surface area contributed by atoms with Gasteiger partial charge in [-0.1, -0.05) is 29.3 Å². The Labute approximate surface area is 134 Å². The van der Waals surface area contributed by atoms with E-state index in [2.05, 4.69) is 15.9 Å². The molecule has 0 aliphatic carbocycles. The van der Waals surface area contributed by atoms with Crippen molar-refractivity contribution in [3.8, 4) is 11.5 Å². The van der Waals surface area contributed by atoms with Gasteiger partial charge < -0.3 is 9.47 Å². The van der Waals surface area contributed by atoms with Crippen molar-refractivity contribution in [1.29, 1.82) is 0 Å². The molecule has 20 heavy (non-hydrogen) atoms. The Balaban J connectivity index is 2.30. The number of carbonyl (C=O) groups excluding carboxylic acids is 1. The van der Waals surface area contributed by atoms with Crippen LogP contribution in [0.4, 0.5) is 0 Å². The molecule has 0 N–H and O–H groups in total. The molecule has 0 heterocycles. The van der Waals surface area contributed by atoms with Crippen molar-refractivity contribution in [2.45, 2.75) is 0 Å². The Morgan fingerprint density at radius 2 is 1.95 bits per heavy atom. The summed E-state index contributed by atoms with van der Waals surface area (Å²) in [6.45, 7) is 0. The van der Waals surface area contributed by atoms with Crippen LogP contribution in [-0.4, -0.2) is 13.1 Å². The van der Waals surface area contributed by atoms with E-state index in [-0.39, 0.29) is 10.8 Å². The van der Waals surface area contributed by atoms with E-state index in [0.717, 1.165) is 0 Å². The first-order valence-electron chi connectivity index (χ1n) is 5.52. The van der Waals surface area contributed by atoms with Gasteiger partial charge in [0.15, 0.2) is 5.75 Å². The van der Waals surface area contributed by atoms with E-state index in [4.69, 9.17) is 32.7 Å². The molecule has 0 saturated carbocycles. The second-order valence-corrected chi connectivity index (χ2v) is 5.43. The maximum atomic E-state index is 12.2. The number of esters is 1. The molecular formula is C14H9BrCl2O3. The summed E-state index contributed by atoms with van der Waals surface area (Å²) in [7, 11) is 1.52. The molecule has 0 unspecified atom stereocenters. The van der Waals surface area contributed by atoms with Gasteiger partial charge in [-0.3, -0.25) is 0 Å². The van der Waals surface area contributed by atoms with Crippen LogP contribution in [0.2, 0.25) is 10.0 Å². The fraction of sp³-hybridized carbons (Fsp3) is 0.0714. The van der Waals surface area contributed by atoms with Crippen LogP contribution in [0.5, 0.6) is 11.5 Å². The Hall–Kier alpha value is -1.23. The minimum absolute atomic E-state index is 0.196. The van der Waals surface area contributed by atoms with E-state index < -0.39 is 5.97 Å². The number of hydrogen-bond donors (Lipinski definition) is 0. The number of halogens is 3. The van der Waals surface area contributed by atoms with Crippen LogP contribution in [0.3, 0.4) is 0 Å². The summed E-state index contributed by atoms with van der Waals surface area (Å²) in [4.78, 5) is 12.2. The predicted molar refractivity (Wildman–Crippen MR) is 82.1 cm³/mol. The Morgan fingerprint density at radius 3 is 2.65 bits per heavy atom. The smallest absolute Gasteiger partial charge is 0.344 e. The van der Waals surface area contributed by atoms with Gasteiger partial charge in [-0.25, -0.2) is 4.79 Å². The van der Waals surface area contributed by atoms with Crippen LogP contribution >= 0.6 is 39.1 Å². The van der Waals surface area contributed by atoms with Crippen molar-refractivity contribution in [1.82, 2.24) is 0 Å². The maximum absolute atomic E-state index is 12.2. The first-order valence-corrected chi connectivity index (χ1v) is 7.07. The molecule has 2 rings (SSSR count). The van der Waals surface area contributed by atoms with Crippen LogP contribution in [0, 0.1) is 0 Å². The summed E-state index contributed by atoms with van der Waals surface area (Å²) in [5, 5.41) is 0.517. The van der Waals surface area contributed by atoms with E-state index in [0.29, 0.717) is 20.8 Å². The minimum atomic E-state index is -0.556. The van der Waals surface area contributed by atoms with Crippen LogP contribution in [-0.2, 0) is 0 Å². The number of benzene rings is 2. The van der Waals surface area contributed by atoms with Gasteiger partial charge in [0.25, 0.3) is 0 Å². The predicted octanol–water partition coefficient (Wildman–Crippen LogP) is 4.98. The van der Waals surface area contributed by atoms with Crippen molar-refractivity contribution >= 4 is 45.1 Å². The maximum Gasteiger partial charge on any atom is 0.344 e. The number of hydrogen-bond acceptors (Lipinski definition) is 3. The summed E-state index contributed by atoms with van der Waals surface area (Å²) in [5.74, 6) is 0.205. The summed E-state index contributed by atoms with van der Waals surface area (Å²) in [5.41, 5.74) is 0.334. The van der Waals surface area contributed by atoms with E-state index in [1.54, 1.807) is 36.4 Å². The minimum Gasteiger partial charge on any atom is -0.497 e. The molecule has 0 aliphatic heterocycles. The van der Waals surface area contributed by atoms with E-state index in [1.165, 1.54) is 7.11 Å². The number of ether oxygens (including phenoxy) is 2. The van der Waals surface area contributed by atoms with Gasteiger partial charge in [-0.05, 0) is 46.3 Å². The zero-order chi connectivity index (χ0) is 14.7. The zero-order valence-electron chi connectivity index (χ0n) is 10.3. The lowest BCUT2D eigenvalue weighted by Crippen LogP contribution is -2.10. The number of rotatable bonds is 3. The molecule has 0 spiro atoms. The lowest BCUT2D eigenvalue weighted by Gasteiger charge is -2.09. The lowest BCUT2D eigenvalue weighted by atomic mass is 10.2. The van der Waals surface area contributed by atoms with Gasteiger partial charge >= 0.3 is 5.97 Å². The topological polar surface area (TPSA) is 35.5 Å². The molecule has 2 aromatic carbocycles. The van der Waals surface area contributed by atoms with E-state index in [1.807, 2.05) is 0 Å². The third-order valence-electron chi connectivity index (χ3n) is 2.51. The van der Waals surface area contributed by atoms with E-state index in [9.17, 15) is 4.79 Å². The van der Waals surface area contributed by atoms with Crippen molar-refractivity contribution < 1.29 is 14.3 Å². The van der Waals surface area contributed by atoms with Crippen molar-refractivity contribution in [2.75, 3.05) is 7.11 Å². The highest BCUT2D eigenvalue weighted by Gasteiger charge is 2.16. The summed E-state index contributed by atoms with van der Waals surface area (Å²) >= 11 is 15.1. The highest BCUT2D eigenvalue weighted by atomic mass is 79.9. The molecule has 0 saturated heterocycles. The van der Waals surface area contributed by atoms with Gasteiger partial charge in [0.2, 0.25) is 0 Å². The standard InChI is InChI=1S/C14H9BrCl2O3/c1-19-8-5-6-10(15)9(7-8)14(18)20-12-4-2-3-11(16)13(12)17/h2-7H,1H3. The second-order valence-electron chi connectivity index (χ2n) is 3.79. The molecule has 3 nitrogen and oxygen atoms in total. The average Bonchev–Trinajstić information content (AvgIpc) is 2.44. The molecule has 0 aliphatic rings. The molecule has 0 amide bonds. The van der Waals surface area contributed by atoms with Gasteiger partial charge in [0.1, 0.15) is 10.8 Å². The highest BCUT2D eigenvalue weighted by molar-refractivity contribution is 9.10. The van der Waals surface area contributed by atoms with Gasteiger partial charge in [0, 0.05) is 4.47 Å². The largest absolute Gasteiger partial charge is 0.497 e. The zero-order valence-corrected chi connectivity index (χ0v) is 13.4.